The summed E-state index contributed by atoms with van der Waals surface area (Å²) in [6, 6.07) is 8.73. The zero-order valence-corrected chi connectivity index (χ0v) is 14.8. The lowest BCUT2D eigenvalue weighted by Crippen LogP contribution is -2.49. The molecule has 2 aliphatic heterocycles. The number of ether oxygens (including phenoxy) is 2. The molecule has 27 heavy (non-hydrogen) atoms. The number of amides is 1. The third kappa shape index (κ3) is 4.29. The molecule has 0 bridgehead atoms. The van der Waals surface area contributed by atoms with Crippen molar-refractivity contribution in [2.45, 2.75) is 0 Å². The number of ketones is 1. The van der Waals surface area contributed by atoms with Crippen molar-refractivity contribution in [3.8, 4) is 11.5 Å². The molecule has 1 aromatic heterocycles. The summed E-state index contributed by atoms with van der Waals surface area (Å²) in [5.41, 5.74) is 0.687. The molecule has 0 unspecified atom stereocenters. The monoisotopic (exact) mass is 371 g/mol. The van der Waals surface area contributed by atoms with Gasteiger partial charge in [0.2, 0.25) is 18.5 Å². The van der Waals surface area contributed by atoms with Gasteiger partial charge >= 0.3 is 0 Å². The number of benzene rings is 1. The molecule has 0 radical (unpaired) electrons. The predicted octanol–water partition coefficient (Wildman–Crippen LogP) is 1.45. The van der Waals surface area contributed by atoms with E-state index < -0.39 is 0 Å². The van der Waals surface area contributed by atoms with Gasteiger partial charge in [0.15, 0.2) is 17.3 Å². The van der Waals surface area contributed by atoms with Crippen LogP contribution >= 0.6 is 0 Å². The fourth-order valence-electron chi connectivity index (χ4n) is 3.20. The Morgan fingerprint density at radius 1 is 0.963 bits per heavy atom. The summed E-state index contributed by atoms with van der Waals surface area (Å²) in [4.78, 5) is 28.5. The van der Waals surface area contributed by atoms with Gasteiger partial charge in [-0.3, -0.25) is 19.4 Å². The highest BCUT2D eigenvalue weighted by atomic mass is 16.7. The Labute approximate surface area is 156 Å². The molecule has 1 N–H and O–H groups in total. The summed E-state index contributed by atoms with van der Waals surface area (Å²) in [7, 11) is 0. The molecular formula is C19H21N3O5. The maximum atomic E-state index is 12.3. The lowest BCUT2D eigenvalue weighted by atomic mass is 10.2. The maximum absolute atomic E-state index is 12.3. The molecule has 8 nitrogen and oxygen atoms in total. The fraction of sp³-hybridized carbons (Fsp3) is 0.368. The van der Waals surface area contributed by atoms with E-state index in [1.165, 1.54) is 6.26 Å². The van der Waals surface area contributed by atoms with Gasteiger partial charge in [-0.2, -0.15) is 0 Å². The van der Waals surface area contributed by atoms with Gasteiger partial charge in [0.1, 0.15) is 0 Å². The van der Waals surface area contributed by atoms with E-state index in [-0.39, 0.29) is 18.5 Å². The van der Waals surface area contributed by atoms with E-state index in [9.17, 15) is 9.59 Å². The van der Waals surface area contributed by atoms with Crippen LogP contribution in [-0.2, 0) is 4.79 Å². The van der Waals surface area contributed by atoms with Crippen LogP contribution in [0.2, 0.25) is 0 Å². The molecule has 2 aromatic rings. The van der Waals surface area contributed by atoms with Gasteiger partial charge in [-0.25, -0.2) is 0 Å². The molecular weight excluding hydrogens is 350 g/mol. The van der Waals surface area contributed by atoms with E-state index in [1.807, 2.05) is 0 Å². The van der Waals surface area contributed by atoms with Crippen LogP contribution in [0.25, 0.3) is 0 Å². The normalized spacial score (nSPS) is 17.0. The number of piperazine rings is 1. The number of furan rings is 1. The van der Waals surface area contributed by atoms with Crippen molar-refractivity contribution in [1.82, 2.24) is 9.80 Å². The van der Waals surface area contributed by atoms with Crippen molar-refractivity contribution >= 4 is 17.4 Å². The molecule has 0 saturated carbocycles. The summed E-state index contributed by atoms with van der Waals surface area (Å²) < 4.78 is 15.7. The van der Waals surface area contributed by atoms with Crippen LogP contribution < -0.4 is 14.8 Å². The number of carbonyl (C=O) groups excluding carboxylic acids is 2. The summed E-state index contributed by atoms with van der Waals surface area (Å²) in [5.74, 6) is 1.62. The Bertz CT molecular complexity index is 813. The highest BCUT2D eigenvalue weighted by molar-refractivity contribution is 5.95. The molecule has 8 heteroatoms. The lowest BCUT2D eigenvalue weighted by molar-refractivity contribution is -0.117. The van der Waals surface area contributed by atoms with Gasteiger partial charge in [0.05, 0.1) is 19.4 Å². The summed E-state index contributed by atoms with van der Waals surface area (Å²) in [6.07, 6.45) is 1.50. The van der Waals surface area contributed by atoms with Crippen LogP contribution in [0.4, 0.5) is 5.69 Å². The second-order valence-corrected chi connectivity index (χ2v) is 6.57. The molecule has 1 fully saturated rings. The molecule has 1 saturated heterocycles. The van der Waals surface area contributed by atoms with Gasteiger partial charge in [-0.15, -0.1) is 0 Å². The van der Waals surface area contributed by atoms with Crippen LogP contribution in [-0.4, -0.2) is 67.6 Å². The van der Waals surface area contributed by atoms with E-state index in [1.54, 1.807) is 30.3 Å². The zero-order chi connectivity index (χ0) is 18.6. The largest absolute Gasteiger partial charge is 0.461 e. The lowest BCUT2D eigenvalue weighted by Gasteiger charge is -2.33. The Hall–Kier alpha value is -2.84. The number of Topliss-reactive ketones (excluding diaryl/α,β-unsaturated/α-hetero) is 1. The van der Waals surface area contributed by atoms with Crippen molar-refractivity contribution in [1.29, 1.82) is 0 Å². The summed E-state index contributed by atoms with van der Waals surface area (Å²) in [5, 5.41) is 2.88. The topological polar surface area (TPSA) is 84.3 Å². The van der Waals surface area contributed by atoms with Gasteiger partial charge in [0, 0.05) is 37.9 Å². The minimum Gasteiger partial charge on any atom is -0.461 e. The predicted molar refractivity (Wildman–Crippen MR) is 97.1 cm³/mol. The number of hydrogen-bond acceptors (Lipinski definition) is 7. The van der Waals surface area contributed by atoms with Crippen molar-refractivity contribution < 1.29 is 23.5 Å². The zero-order valence-electron chi connectivity index (χ0n) is 14.8. The third-order valence-electron chi connectivity index (χ3n) is 4.65. The molecule has 0 spiro atoms. The Morgan fingerprint density at radius 2 is 1.70 bits per heavy atom. The number of anilines is 1. The van der Waals surface area contributed by atoms with Gasteiger partial charge in [-0.1, -0.05) is 0 Å². The van der Waals surface area contributed by atoms with Crippen LogP contribution in [0.15, 0.2) is 41.0 Å². The molecule has 0 aliphatic carbocycles. The van der Waals surface area contributed by atoms with E-state index >= 15 is 0 Å². The SMILES string of the molecule is O=C(CN1CCN(CC(=O)c2ccco2)CC1)Nc1ccc2c(c1)OCO2. The Balaban J connectivity index is 1.22. The van der Waals surface area contributed by atoms with Crippen molar-refractivity contribution in [3.63, 3.8) is 0 Å². The van der Waals surface area contributed by atoms with Crippen molar-refractivity contribution in [3.05, 3.63) is 42.4 Å². The number of rotatable bonds is 6. The molecule has 2 aliphatic rings. The number of nitrogens with zero attached hydrogens (tertiary/aromatic N) is 2. The van der Waals surface area contributed by atoms with E-state index in [0.29, 0.717) is 36.0 Å². The average Bonchev–Trinajstić information content (AvgIpc) is 3.34. The van der Waals surface area contributed by atoms with E-state index in [0.717, 1.165) is 26.2 Å². The minimum absolute atomic E-state index is 0.0194. The number of nitrogens with one attached hydrogen (secondary N) is 1. The fourth-order valence-corrected chi connectivity index (χ4v) is 3.20. The molecule has 1 amide bonds. The smallest absolute Gasteiger partial charge is 0.238 e. The third-order valence-corrected chi connectivity index (χ3v) is 4.65. The van der Waals surface area contributed by atoms with Gasteiger partial charge in [-0.05, 0) is 24.3 Å². The number of carbonyl (C=O) groups is 2. The first-order valence-corrected chi connectivity index (χ1v) is 8.88. The molecule has 0 atom stereocenters. The molecule has 142 valence electrons. The minimum atomic E-state index is -0.0750. The van der Waals surface area contributed by atoms with E-state index in [2.05, 4.69) is 15.1 Å². The highest BCUT2D eigenvalue weighted by Crippen LogP contribution is 2.34. The summed E-state index contributed by atoms with van der Waals surface area (Å²) >= 11 is 0. The first-order valence-electron chi connectivity index (χ1n) is 8.88. The Morgan fingerprint density at radius 3 is 2.44 bits per heavy atom. The molecule has 4 rings (SSSR count). The number of hydrogen-bond donors (Lipinski definition) is 1. The maximum Gasteiger partial charge on any atom is 0.238 e. The first kappa shape index (κ1) is 17.6. The summed E-state index contributed by atoms with van der Waals surface area (Å²) in [6.45, 7) is 3.81. The van der Waals surface area contributed by atoms with Crippen LogP contribution in [0.3, 0.4) is 0 Å². The Kier molecular flexibility index (Phi) is 5.08. The standard InChI is InChI=1S/C19H21N3O5/c23-15(16-2-1-9-25-16)11-21-5-7-22(8-6-21)12-19(24)20-14-3-4-17-18(10-14)27-13-26-17/h1-4,9-10H,5-8,11-13H2,(H,20,24). The van der Waals surface area contributed by atoms with Crippen LogP contribution in [0, 0.1) is 0 Å². The van der Waals surface area contributed by atoms with E-state index in [4.69, 9.17) is 13.9 Å². The molecule has 1 aromatic carbocycles. The van der Waals surface area contributed by atoms with Crippen LogP contribution in [0.1, 0.15) is 10.6 Å². The average molecular weight is 371 g/mol. The van der Waals surface area contributed by atoms with Crippen LogP contribution in [0.5, 0.6) is 11.5 Å². The second-order valence-electron chi connectivity index (χ2n) is 6.57. The molecule has 3 heterocycles. The van der Waals surface area contributed by atoms with Gasteiger partial charge in [0.25, 0.3) is 0 Å². The van der Waals surface area contributed by atoms with Crippen molar-refractivity contribution in [2.24, 2.45) is 0 Å². The first-order chi connectivity index (χ1) is 13.2. The highest BCUT2D eigenvalue weighted by Gasteiger charge is 2.22. The quantitative estimate of drug-likeness (QED) is 0.770. The van der Waals surface area contributed by atoms with Gasteiger partial charge < -0.3 is 19.2 Å². The second kappa shape index (κ2) is 7.81. The van der Waals surface area contributed by atoms with Crippen molar-refractivity contribution in [2.75, 3.05) is 51.4 Å². The number of fused-ring (bicyclic) bond motifs is 1.